The quantitative estimate of drug-likeness (QED) is 0.757. The average Bonchev–Trinajstić information content (AvgIpc) is 3.39. The second-order valence-electron chi connectivity index (χ2n) is 7.90. The molecule has 0 aliphatic carbocycles. The van der Waals surface area contributed by atoms with Gasteiger partial charge in [-0.1, -0.05) is 0 Å². The Morgan fingerprint density at radius 1 is 0.857 bits per heavy atom. The second-order valence-corrected chi connectivity index (χ2v) is 7.90. The van der Waals surface area contributed by atoms with Gasteiger partial charge in [-0.3, -0.25) is 4.79 Å². The maximum Gasteiger partial charge on any atom is 0.254 e. The first-order valence-electron chi connectivity index (χ1n) is 10.2. The Kier molecular flexibility index (Phi) is 4.74. The molecule has 4 aliphatic rings. The fraction of sp³-hybridized carbons (Fsp3) is 0.700. The van der Waals surface area contributed by atoms with Gasteiger partial charge in [0.25, 0.3) is 5.91 Å². The van der Waals surface area contributed by atoms with Gasteiger partial charge in [0.15, 0.2) is 11.6 Å². The highest BCUT2D eigenvalue weighted by atomic mass is 16.7. The molecule has 152 valence electrons. The molecule has 4 saturated heterocycles. The van der Waals surface area contributed by atoms with E-state index in [9.17, 15) is 4.79 Å². The van der Waals surface area contributed by atoms with Crippen molar-refractivity contribution < 1.29 is 23.7 Å². The summed E-state index contributed by atoms with van der Waals surface area (Å²) in [4.78, 5) is 21.6. The van der Waals surface area contributed by atoms with Crippen molar-refractivity contribution in [2.24, 2.45) is 0 Å². The van der Waals surface area contributed by atoms with Crippen LogP contribution in [0.25, 0.3) is 0 Å². The van der Waals surface area contributed by atoms with Gasteiger partial charge in [0.1, 0.15) is 5.82 Å². The molecule has 0 saturated carbocycles. The molecule has 28 heavy (non-hydrogen) atoms. The van der Waals surface area contributed by atoms with E-state index in [1.807, 2.05) is 11.0 Å². The molecular weight excluding hydrogens is 362 g/mol. The van der Waals surface area contributed by atoms with Crippen LogP contribution in [-0.2, 0) is 18.9 Å². The van der Waals surface area contributed by atoms with Gasteiger partial charge in [-0.25, -0.2) is 4.98 Å². The van der Waals surface area contributed by atoms with Crippen molar-refractivity contribution in [3.63, 3.8) is 0 Å². The highest BCUT2D eigenvalue weighted by molar-refractivity contribution is 5.95. The lowest BCUT2D eigenvalue weighted by Crippen LogP contribution is -2.47. The summed E-state index contributed by atoms with van der Waals surface area (Å²) in [5.41, 5.74) is 0.683. The first-order valence-corrected chi connectivity index (χ1v) is 10.2. The Labute approximate surface area is 164 Å². The average molecular weight is 389 g/mol. The highest BCUT2D eigenvalue weighted by Crippen LogP contribution is 2.34. The van der Waals surface area contributed by atoms with Gasteiger partial charge < -0.3 is 28.7 Å². The summed E-state index contributed by atoms with van der Waals surface area (Å²) in [7, 11) is 0. The van der Waals surface area contributed by atoms with E-state index >= 15 is 0 Å². The molecule has 4 aliphatic heterocycles. The number of pyridine rings is 1. The smallest absolute Gasteiger partial charge is 0.254 e. The Morgan fingerprint density at radius 2 is 1.39 bits per heavy atom. The number of likely N-dealkylation sites (tertiary alicyclic amines) is 1. The summed E-state index contributed by atoms with van der Waals surface area (Å²) >= 11 is 0. The number of amides is 1. The SMILES string of the molecule is O=C(c1ccnc(N2CCC3(CC2)OCCO3)c1)N1CCC2(CC1)OCCO2. The van der Waals surface area contributed by atoms with Crippen LogP contribution in [0.15, 0.2) is 18.3 Å². The molecule has 4 fully saturated rings. The molecule has 0 unspecified atom stereocenters. The van der Waals surface area contributed by atoms with E-state index in [4.69, 9.17) is 18.9 Å². The molecule has 0 bridgehead atoms. The third kappa shape index (κ3) is 3.39. The molecule has 0 aromatic carbocycles. The molecule has 8 heteroatoms. The summed E-state index contributed by atoms with van der Waals surface area (Å²) in [6.45, 7) is 5.57. The van der Waals surface area contributed by atoms with Crippen LogP contribution in [0.1, 0.15) is 36.0 Å². The Bertz CT molecular complexity index is 710. The Hall–Kier alpha value is -1.74. The van der Waals surface area contributed by atoms with Crippen LogP contribution in [0.3, 0.4) is 0 Å². The number of rotatable bonds is 2. The van der Waals surface area contributed by atoms with E-state index in [0.29, 0.717) is 45.1 Å². The van der Waals surface area contributed by atoms with Crippen molar-refractivity contribution in [1.29, 1.82) is 0 Å². The van der Waals surface area contributed by atoms with E-state index in [0.717, 1.165) is 44.6 Å². The van der Waals surface area contributed by atoms with Gasteiger partial charge in [0.05, 0.1) is 26.4 Å². The standard InChI is InChI=1S/C20H27N3O5/c24-18(23-9-4-20(5-10-23)27-13-14-28-20)16-1-6-21-17(15-16)22-7-2-19(3-8-22)25-11-12-26-19/h1,6,15H,2-5,7-14H2. The minimum atomic E-state index is -0.464. The minimum absolute atomic E-state index is 0.0486. The summed E-state index contributed by atoms with van der Waals surface area (Å²) in [6, 6.07) is 3.71. The molecule has 1 aromatic heterocycles. The normalized spacial score (nSPS) is 26.3. The van der Waals surface area contributed by atoms with Crippen LogP contribution in [0, 0.1) is 0 Å². The summed E-state index contributed by atoms with van der Waals surface area (Å²) in [6.07, 6.45) is 4.82. The zero-order chi connectivity index (χ0) is 19.0. The van der Waals surface area contributed by atoms with Gasteiger partial charge >= 0.3 is 0 Å². The lowest BCUT2D eigenvalue weighted by molar-refractivity contribution is -0.181. The van der Waals surface area contributed by atoms with Crippen LogP contribution >= 0.6 is 0 Å². The molecule has 5 rings (SSSR count). The number of nitrogens with zero attached hydrogens (tertiary/aromatic N) is 3. The van der Waals surface area contributed by atoms with Gasteiger partial charge in [-0.15, -0.1) is 0 Å². The molecule has 8 nitrogen and oxygen atoms in total. The molecule has 2 spiro atoms. The Morgan fingerprint density at radius 3 is 1.96 bits per heavy atom. The van der Waals surface area contributed by atoms with Crippen LogP contribution in [0.4, 0.5) is 5.82 Å². The number of piperidine rings is 2. The fourth-order valence-corrected chi connectivity index (χ4v) is 4.61. The zero-order valence-electron chi connectivity index (χ0n) is 16.1. The minimum Gasteiger partial charge on any atom is -0.356 e. The van der Waals surface area contributed by atoms with Crippen LogP contribution < -0.4 is 4.90 Å². The number of anilines is 1. The number of ether oxygens (including phenoxy) is 4. The van der Waals surface area contributed by atoms with Crippen LogP contribution in [-0.4, -0.2) is 80.0 Å². The van der Waals surface area contributed by atoms with E-state index in [-0.39, 0.29) is 5.91 Å². The molecule has 1 amide bonds. The topological polar surface area (TPSA) is 73.4 Å². The third-order valence-electron chi connectivity index (χ3n) is 6.28. The number of carbonyl (C=O) groups is 1. The second kappa shape index (κ2) is 7.26. The van der Waals surface area contributed by atoms with Crippen molar-refractivity contribution in [2.45, 2.75) is 37.3 Å². The van der Waals surface area contributed by atoms with Crippen molar-refractivity contribution in [3.8, 4) is 0 Å². The first kappa shape index (κ1) is 18.3. The highest BCUT2D eigenvalue weighted by Gasteiger charge is 2.42. The van der Waals surface area contributed by atoms with E-state index in [1.54, 1.807) is 12.3 Å². The van der Waals surface area contributed by atoms with Crippen LogP contribution in [0.2, 0.25) is 0 Å². The van der Waals surface area contributed by atoms with Gasteiger partial charge in [0, 0.05) is 63.6 Å². The number of aromatic nitrogens is 1. The maximum atomic E-state index is 13.0. The number of carbonyl (C=O) groups excluding carboxylic acids is 1. The predicted molar refractivity (Wildman–Crippen MR) is 100 cm³/mol. The number of hydrogen-bond acceptors (Lipinski definition) is 7. The summed E-state index contributed by atoms with van der Waals surface area (Å²) in [5, 5.41) is 0. The van der Waals surface area contributed by atoms with Gasteiger partial charge in [-0.2, -0.15) is 0 Å². The molecule has 1 aromatic rings. The monoisotopic (exact) mass is 389 g/mol. The van der Waals surface area contributed by atoms with E-state index in [1.165, 1.54) is 0 Å². The molecule has 0 N–H and O–H groups in total. The van der Waals surface area contributed by atoms with Crippen LogP contribution in [0.5, 0.6) is 0 Å². The fourth-order valence-electron chi connectivity index (χ4n) is 4.61. The molecule has 0 atom stereocenters. The lowest BCUT2D eigenvalue weighted by Gasteiger charge is -2.38. The van der Waals surface area contributed by atoms with Crippen molar-refractivity contribution in [1.82, 2.24) is 9.88 Å². The lowest BCUT2D eigenvalue weighted by atomic mass is 10.0. The number of hydrogen-bond donors (Lipinski definition) is 0. The zero-order valence-corrected chi connectivity index (χ0v) is 16.1. The largest absolute Gasteiger partial charge is 0.356 e. The van der Waals surface area contributed by atoms with Crippen molar-refractivity contribution >= 4 is 11.7 Å². The van der Waals surface area contributed by atoms with Gasteiger partial charge in [0.2, 0.25) is 0 Å². The summed E-state index contributed by atoms with van der Waals surface area (Å²) < 4.78 is 23.1. The van der Waals surface area contributed by atoms with Crippen molar-refractivity contribution in [3.05, 3.63) is 23.9 Å². The summed E-state index contributed by atoms with van der Waals surface area (Å²) in [5.74, 6) is 0.0221. The maximum absolute atomic E-state index is 13.0. The third-order valence-corrected chi connectivity index (χ3v) is 6.28. The molecular formula is C20H27N3O5. The molecule has 5 heterocycles. The van der Waals surface area contributed by atoms with Crippen molar-refractivity contribution in [2.75, 3.05) is 57.5 Å². The molecule has 0 radical (unpaired) electrons. The van der Waals surface area contributed by atoms with E-state index < -0.39 is 11.6 Å². The predicted octanol–water partition coefficient (Wildman–Crippen LogP) is 1.40. The Balaban J connectivity index is 1.22. The first-order chi connectivity index (χ1) is 13.7. The van der Waals surface area contributed by atoms with E-state index in [2.05, 4.69) is 9.88 Å². The van der Waals surface area contributed by atoms with Gasteiger partial charge in [-0.05, 0) is 12.1 Å².